The van der Waals surface area contributed by atoms with Crippen molar-refractivity contribution >= 4 is 32.3 Å². The second-order valence-corrected chi connectivity index (χ2v) is 4.00. The van der Waals surface area contributed by atoms with Gasteiger partial charge >= 0.3 is 5.00 Å². The average Bonchev–Trinajstić information content (AvgIpc) is 2.70. The van der Waals surface area contributed by atoms with Crippen LogP contribution in [0.3, 0.4) is 0 Å². The quantitative estimate of drug-likeness (QED) is 0.621. The van der Waals surface area contributed by atoms with Crippen molar-refractivity contribution in [2.24, 2.45) is 0 Å². The molecule has 0 aromatic carbocycles. The van der Waals surface area contributed by atoms with Gasteiger partial charge in [0.05, 0.1) is 9.80 Å². The van der Waals surface area contributed by atoms with Gasteiger partial charge in [-0.3, -0.25) is 10.1 Å². The van der Waals surface area contributed by atoms with Gasteiger partial charge in [-0.1, -0.05) is 11.3 Å². The highest BCUT2D eigenvalue weighted by atomic mass is 79.9. The summed E-state index contributed by atoms with van der Waals surface area (Å²) in [5.74, 6) is 0.273. The van der Waals surface area contributed by atoms with E-state index < -0.39 is 4.92 Å². The summed E-state index contributed by atoms with van der Waals surface area (Å²) < 4.78 is 5.04. The van der Waals surface area contributed by atoms with E-state index in [-0.39, 0.29) is 15.7 Å². The maximum Gasteiger partial charge on any atom is 0.324 e. The Bertz CT molecular complexity index is 480. The van der Waals surface area contributed by atoms with Crippen LogP contribution in [0.5, 0.6) is 0 Å². The molecule has 0 amide bonds. The molecule has 0 bridgehead atoms. The van der Waals surface area contributed by atoms with Crippen LogP contribution in [0.4, 0.5) is 5.00 Å². The Labute approximate surface area is 89.9 Å². The lowest BCUT2D eigenvalue weighted by molar-refractivity contribution is -0.380. The standard InChI is InChI=1S/C6H2BrN3O3S/c7-6-9-8-5(13-6)3-1-2-4(14-3)10(11)12/h1-2H. The Morgan fingerprint density at radius 2 is 2.29 bits per heavy atom. The van der Waals surface area contributed by atoms with Crippen molar-refractivity contribution in [1.29, 1.82) is 0 Å². The van der Waals surface area contributed by atoms with Crippen LogP contribution in [0.1, 0.15) is 0 Å². The molecule has 2 rings (SSSR count). The normalized spacial score (nSPS) is 10.4. The van der Waals surface area contributed by atoms with Gasteiger partial charge in [0.25, 0.3) is 10.7 Å². The molecule has 14 heavy (non-hydrogen) atoms. The fourth-order valence-electron chi connectivity index (χ4n) is 0.846. The lowest BCUT2D eigenvalue weighted by atomic mass is 10.5. The molecule has 0 fully saturated rings. The minimum absolute atomic E-state index is 0.0503. The number of nitro groups is 1. The molecule has 6 nitrogen and oxygen atoms in total. The van der Waals surface area contributed by atoms with Gasteiger partial charge < -0.3 is 4.42 Å². The lowest BCUT2D eigenvalue weighted by Gasteiger charge is -1.83. The first-order valence-electron chi connectivity index (χ1n) is 3.40. The van der Waals surface area contributed by atoms with E-state index in [1.165, 1.54) is 6.07 Å². The van der Waals surface area contributed by atoms with Gasteiger partial charge in [-0.25, -0.2) is 0 Å². The van der Waals surface area contributed by atoms with Crippen molar-refractivity contribution < 1.29 is 9.34 Å². The Balaban J connectivity index is 2.38. The smallest absolute Gasteiger partial charge is 0.324 e. The third-order valence-corrected chi connectivity index (χ3v) is 2.73. The van der Waals surface area contributed by atoms with Crippen molar-refractivity contribution in [3.05, 3.63) is 27.0 Å². The van der Waals surface area contributed by atoms with Crippen molar-refractivity contribution in [2.45, 2.75) is 0 Å². The topological polar surface area (TPSA) is 82.1 Å². The highest BCUT2D eigenvalue weighted by molar-refractivity contribution is 9.10. The number of nitrogens with zero attached hydrogens (tertiary/aromatic N) is 3. The van der Waals surface area contributed by atoms with Gasteiger partial charge in [-0.2, -0.15) is 0 Å². The summed E-state index contributed by atoms with van der Waals surface area (Å²) in [6.07, 6.45) is 0. The lowest BCUT2D eigenvalue weighted by Crippen LogP contribution is -1.80. The fourth-order valence-corrected chi connectivity index (χ4v) is 1.82. The van der Waals surface area contributed by atoms with Gasteiger partial charge in [0.1, 0.15) is 0 Å². The Morgan fingerprint density at radius 3 is 2.79 bits per heavy atom. The summed E-state index contributed by atoms with van der Waals surface area (Å²) >= 11 is 3.99. The summed E-state index contributed by atoms with van der Waals surface area (Å²) in [5.41, 5.74) is 0. The Kier molecular flexibility index (Phi) is 2.30. The summed E-state index contributed by atoms with van der Waals surface area (Å²) in [6.45, 7) is 0. The van der Waals surface area contributed by atoms with Crippen LogP contribution in [-0.2, 0) is 0 Å². The minimum atomic E-state index is -0.459. The number of hydrogen-bond acceptors (Lipinski definition) is 6. The zero-order valence-corrected chi connectivity index (χ0v) is 8.91. The van der Waals surface area contributed by atoms with E-state index in [4.69, 9.17) is 4.42 Å². The highest BCUT2D eigenvalue weighted by Gasteiger charge is 2.14. The van der Waals surface area contributed by atoms with E-state index in [0.717, 1.165) is 11.3 Å². The van der Waals surface area contributed by atoms with Crippen molar-refractivity contribution in [3.8, 4) is 10.8 Å². The van der Waals surface area contributed by atoms with Gasteiger partial charge in [-0.05, 0) is 6.07 Å². The second-order valence-electron chi connectivity index (χ2n) is 2.26. The third kappa shape index (κ3) is 1.66. The minimum Gasteiger partial charge on any atom is -0.410 e. The highest BCUT2D eigenvalue weighted by Crippen LogP contribution is 2.32. The molecule has 0 saturated carbocycles. The zero-order valence-electron chi connectivity index (χ0n) is 6.51. The first-order valence-corrected chi connectivity index (χ1v) is 5.01. The molecule has 0 aliphatic carbocycles. The first-order chi connectivity index (χ1) is 6.66. The predicted octanol–water partition coefficient (Wildman–Crippen LogP) is 2.47. The van der Waals surface area contributed by atoms with Gasteiger partial charge in [0, 0.05) is 22.0 Å². The maximum absolute atomic E-state index is 10.4. The second kappa shape index (κ2) is 3.46. The molecule has 0 unspecified atom stereocenters. The van der Waals surface area contributed by atoms with Crippen LogP contribution in [-0.4, -0.2) is 15.1 Å². The molecule has 2 heterocycles. The SMILES string of the molecule is O=[N+]([O-])c1ccc(-c2nnc(Br)o2)s1. The van der Waals surface area contributed by atoms with E-state index in [0.29, 0.717) is 4.88 Å². The molecule has 72 valence electrons. The molecule has 0 saturated heterocycles. The molecule has 0 atom stereocenters. The number of halogens is 1. The maximum atomic E-state index is 10.4. The summed E-state index contributed by atoms with van der Waals surface area (Å²) in [4.78, 5) is 10.8. The van der Waals surface area contributed by atoms with Crippen molar-refractivity contribution in [2.75, 3.05) is 0 Å². The first kappa shape index (κ1) is 9.28. The number of rotatable bonds is 2. The van der Waals surface area contributed by atoms with Gasteiger partial charge in [-0.15, -0.1) is 10.2 Å². The third-order valence-electron chi connectivity index (χ3n) is 1.38. The molecular formula is C6H2BrN3O3S. The van der Waals surface area contributed by atoms with Crippen molar-refractivity contribution in [3.63, 3.8) is 0 Å². The molecule has 2 aromatic heterocycles. The molecule has 0 spiro atoms. The van der Waals surface area contributed by atoms with Crippen LogP contribution in [0.25, 0.3) is 10.8 Å². The fraction of sp³-hybridized carbons (Fsp3) is 0. The molecular weight excluding hydrogens is 274 g/mol. The monoisotopic (exact) mass is 275 g/mol. The molecule has 8 heteroatoms. The van der Waals surface area contributed by atoms with E-state index in [2.05, 4.69) is 26.1 Å². The molecule has 0 aliphatic heterocycles. The summed E-state index contributed by atoms with van der Waals surface area (Å²) in [6, 6.07) is 2.97. The molecule has 0 aliphatic rings. The average molecular weight is 276 g/mol. The van der Waals surface area contributed by atoms with E-state index >= 15 is 0 Å². The number of thiophene rings is 1. The van der Waals surface area contributed by atoms with E-state index in [9.17, 15) is 10.1 Å². The van der Waals surface area contributed by atoms with Crippen molar-refractivity contribution in [1.82, 2.24) is 10.2 Å². The van der Waals surface area contributed by atoms with Crippen LogP contribution in [0.2, 0.25) is 0 Å². The van der Waals surface area contributed by atoms with Crippen LogP contribution in [0.15, 0.2) is 21.3 Å². The molecule has 0 radical (unpaired) electrons. The predicted molar refractivity (Wildman–Crippen MR) is 52.0 cm³/mol. The molecule has 0 N–H and O–H groups in total. The largest absolute Gasteiger partial charge is 0.410 e. The molecule has 2 aromatic rings. The van der Waals surface area contributed by atoms with Gasteiger partial charge in [0.15, 0.2) is 0 Å². The number of hydrogen-bond donors (Lipinski definition) is 0. The van der Waals surface area contributed by atoms with Gasteiger partial charge in [0.2, 0.25) is 0 Å². The Morgan fingerprint density at radius 1 is 1.50 bits per heavy atom. The van der Waals surface area contributed by atoms with Crippen LogP contribution >= 0.6 is 27.3 Å². The van der Waals surface area contributed by atoms with Crippen LogP contribution < -0.4 is 0 Å². The zero-order chi connectivity index (χ0) is 10.1. The summed E-state index contributed by atoms with van der Waals surface area (Å²) in [7, 11) is 0. The Hall–Kier alpha value is -1.28. The van der Waals surface area contributed by atoms with E-state index in [1.807, 2.05) is 0 Å². The number of aromatic nitrogens is 2. The van der Waals surface area contributed by atoms with E-state index in [1.54, 1.807) is 6.07 Å². The van der Waals surface area contributed by atoms with Crippen LogP contribution in [0, 0.1) is 10.1 Å². The summed E-state index contributed by atoms with van der Waals surface area (Å²) in [5, 5.41) is 17.7.